The van der Waals surface area contributed by atoms with Crippen LogP contribution in [0, 0.1) is 0 Å². The number of unbranched alkanes of at least 4 members (excludes halogenated alkanes) is 1. The Balaban J connectivity index is 1.76. The van der Waals surface area contributed by atoms with Gasteiger partial charge in [0.05, 0.1) is 5.69 Å². The number of hydrogen-bond acceptors (Lipinski definition) is 8. The number of aliphatic hydroxyl groups excluding tert-OH is 1. The first-order valence-corrected chi connectivity index (χ1v) is 11.3. The minimum absolute atomic E-state index is 0.0832. The number of rotatable bonds is 9. The zero-order valence-corrected chi connectivity index (χ0v) is 17.1. The molecule has 1 aliphatic rings. The maximum absolute atomic E-state index is 11.9. The molecule has 1 saturated heterocycles. The first-order valence-electron chi connectivity index (χ1n) is 8.87. The minimum atomic E-state index is -0.366. The quantitative estimate of drug-likeness (QED) is 0.106. The van der Waals surface area contributed by atoms with Crippen LogP contribution in [0.25, 0.3) is 0 Å². The highest BCUT2D eigenvalue weighted by Gasteiger charge is 2.16. The molecule has 8 heteroatoms. The first-order chi connectivity index (χ1) is 13.0. The fourth-order valence-corrected chi connectivity index (χ4v) is 5.50. The molecular weight excluding hydrogens is 384 g/mol. The normalized spacial score (nSPS) is 17.8. The van der Waals surface area contributed by atoms with Gasteiger partial charge in [-0.15, -0.1) is 5.11 Å². The van der Waals surface area contributed by atoms with E-state index in [4.69, 9.17) is 4.74 Å². The van der Waals surface area contributed by atoms with E-state index in [0.29, 0.717) is 17.9 Å². The lowest BCUT2D eigenvalue weighted by atomic mass is 10.1. The predicted octanol–water partition coefficient (Wildman–Crippen LogP) is 5.77. The molecule has 0 radical (unpaired) electrons. The third-order valence-corrected chi connectivity index (χ3v) is 6.90. The van der Waals surface area contributed by atoms with Gasteiger partial charge in [0.25, 0.3) is 0 Å². The maximum atomic E-state index is 11.9. The molecule has 0 aromatic heterocycles. The molecule has 1 N–H and O–H groups in total. The van der Waals surface area contributed by atoms with Gasteiger partial charge in [-0.05, 0) is 50.5 Å². The minimum Gasteiger partial charge on any atom is -0.510 e. The van der Waals surface area contributed by atoms with Crippen molar-refractivity contribution in [2.24, 2.45) is 10.2 Å². The topological polar surface area (TPSA) is 88.3 Å². The smallest absolute Gasteiger partial charge is 0.311 e. The standard InChI is InChI=1S/C19H24N2O4S2/c1-13(22)19(14(2)23)21-20-15-7-9-16(10-8-15)25-18(24)6-4-3-5-17-11-12-26-27-17/h7-10,17,22H,3-6,11-12H2,1-2H3/b19-13+,21-20?. The number of aliphatic hydroxyl groups is 1. The zero-order chi connectivity index (χ0) is 19.6. The summed E-state index contributed by atoms with van der Waals surface area (Å²) in [6.45, 7) is 2.69. The molecule has 6 nitrogen and oxygen atoms in total. The predicted molar refractivity (Wildman–Crippen MR) is 110 cm³/mol. The molecule has 0 bridgehead atoms. The molecule has 0 aliphatic carbocycles. The van der Waals surface area contributed by atoms with E-state index in [1.807, 2.05) is 21.6 Å². The van der Waals surface area contributed by atoms with Crippen molar-refractivity contribution >= 4 is 39.0 Å². The van der Waals surface area contributed by atoms with Crippen LogP contribution in [0.1, 0.15) is 46.0 Å². The molecule has 1 aromatic carbocycles. The zero-order valence-electron chi connectivity index (χ0n) is 15.5. The molecule has 27 heavy (non-hydrogen) atoms. The van der Waals surface area contributed by atoms with Gasteiger partial charge >= 0.3 is 5.97 Å². The highest BCUT2D eigenvalue weighted by molar-refractivity contribution is 8.77. The Morgan fingerprint density at radius 3 is 2.56 bits per heavy atom. The van der Waals surface area contributed by atoms with Gasteiger partial charge in [0.1, 0.15) is 11.5 Å². The van der Waals surface area contributed by atoms with Crippen molar-refractivity contribution in [1.29, 1.82) is 0 Å². The number of ketones is 1. The number of benzene rings is 1. The second-order valence-electron chi connectivity index (χ2n) is 6.23. The lowest BCUT2D eigenvalue weighted by Crippen LogP contribution is -2.08. The summed E-state index contributed by atoms with van der Waals surface area (Å²) in [7, 11) is 3.90. The molecule has 1 atom stereocenters. The van der Waals surface area contributed by atoms with Crippen LogP contribution in [0.2, 0.25) is 0 Å². The third kappa shape index (κ3) is 7.76. The van der Waals surface area contributed by atoms with Crippen LogP contribution >= 0.6 is 21.6 Å². The molecule has 1 heterocycles. The van der Waals surface area contributed by atoms with E-state index in [9.17, 15) is 14.7 Å². The van der Waals surface area contributed by atoms with Crippen molar-refractivity contribution < 1.29 is 19.4 Å². The van der Waals surface area contributed by atoms with Gasteiger partial charge in [-0.3, -0.25) is 9.59 Å². The van der Waals surface area contributed by atoms with Crippen molar-refractivity contribution in [3.63, 3.8) is 0 Å². The molecule has 0 saturated carbocycles. The molecule has 1 fully saturated rings. The Kier molecular flexibility index (Phi) is 8.87. The van der Waals surface area contributed by atoms with Crippen molar-refractivity contribution in [2.75, 3.05) is 5.75 Å². The number of allylic oxidation sites excluding steroid dienone is 2. The van der Waals surface area contributed by atoms with Crippen LogP contribution in [0.4, 0.5) is 5.69 Å². The van der Waals surface area contributed by atoms with E-state index in [0.717, 1.165) is 24.5 Å². The molecule has 1 aliphatic heterocycles. The fraction of sp³-hybridized carbons (Fsp3) is 0.474. The average molecular weight is 409 g/mol. The summed E-state index contributed by atoms with van der Waals surface area (Å²) >= 11 is 0. The van der Waals surface area contributed by atoms with Crippen LogP contribution in [-0.2, 0) is 9.59 Å². The van der Waals surface area contributed by atoms with Gasteiger partial charge < -0.3 is 9.84 Å². The number of carbonyl (C=O) groups excluding carboxylic acids is 2. The highest BCUT2D eigenvalue weighted by Crippen LogP contribution is 2.39. The molecular formula is C19H24N2O4S2. The molecule has 1 aromatic rings. The van der Waals surface area contributed by atoms with Crippen LogP contribution < -0.4 is 4.74 Å². The summed E-state index contributed by atoms with van der Waals surface area (Å²) in [5.41, 5.74) is 0.404. The number of carbonyl (C=O) groups is 2. The Hall–Kier alpha value is -1.80. The van der Waals surface area contributed by atoms with E-state index in [1.165, 1.54) is 26.0 Å². The summed E-state index contributed by atoms with van der Waals surface area (Å²) in [6, 6.07) is 6.51. The van der Waals surface area contributed by atoms with Crippen LogP contribution in [0.3, 0.4) is 0 Å². The number of ether oxygens (including phenoxy) is 1. The van der Waals surface area contributed by atoms with Crippen molar-refractivity contribution in [3.05, 3.63) is 35.7 Å². The lowest BCUT2D eigenvalue weighted by molar-refractivity contribution is -0.134. The van der Waals surface area contributed by atoms with E-state index < -0.39 is 0 Å². The maximum Gasteiger partial charge on any atom is 0.311 e. The SMILES string of the molecule is CC(=O)/C(N=Nc1ccc(OC(=O)CCCCC2CCSS2)cc1)=C(/C)O. The van der Waals surface area contributed by atoms with E-state index in [1.54, 1.807) is 24.3 Å². The van der Waals surface area contributed by atoms with Gasteiger partial charge in [0.15, 0.2) is 11.5 Å². The van der Waals surface area contributed by atoms with Gasteiger partial charge in [0, 0.05) is 24.3 Å². The van der Waals surface area contributed by atoms with Gasteiger partial charge in [-0.2, -0.15) is 5.11 Å². The largest absolute Gasteiger partial charge is 0.510 e. The molecule has 0 amide bonds. The number of Topliss-reactive ketones (excluding diaryl/α,β-unsaturated/α-hetero) is 1. The van der Waals surface area contributed by atoms with Crippen LogP contribution in [0.15, 0.2) is 46.0 Å². The molecule has 2 rings (SSSR count). The van der Waals surface area contributed by atoms with Crippen molar-refractivity contribution in [2.45, 2.75) is 51.2 Å². The third-order valence-electron chi connectivity index (χ3n) is 3.89. The van der Waals surface area contributed by atoms with E-state index in [2.05, 4.69) is 10.2 Å². The van der Waals surface area contributed by atoms with Crippen LogP contribution in [-0.4, -0.2) is 27.9 Å². The summed E-state index contributed by atoms with van der Waals surface area (Å²) in [5, 5.41) is 17.8. The summed E-state index contributed by atoms with van der Waals surface area (Å²) in [5.74, 6) is 0.897. The van der Waals surface area contributed by atoms with Gasteiger partial charge in [-0.25, -0.2) is 0 Å². The second kappa shape index (κ2) is 11.1. The van der Waals surface area contributed by atoms with Crippen molar-refractivity contribution in [3.8, 4) is 5.75 Å². The van der Waals surface area contributed by atoms with Crippen LogP contribution in [0.5, 0.6) is 5.75 Å². The number of hydrogen-bond donors (Lipinski definition) is 1. The van der Waals surface area contributed by atoms with Gasteiger partial charge in [-0.1, -0.05) is 28.0 Å². The number of esters is 1. The second-order valence-corrected chi connectivity index (χ2v) is 9.02. The number of azo groups is 1. The molecule has 0 spiro atoms. The van der Waals surface area contributed by atoms with Gasteiger partial charge in [0.2, 0.25) is 0 Å². The monoisotopic (exact) mass is 408 g/mol. The Bertz CT molecular complexity index is 707. The Morgan fingerprint density at radius 2 is 1.96 bits per heavy atom. The first kappa shape index (κ1) is 21.5. The summed E-state index contributed by atoms with van der Waals surface area (Å²) in [6.07, 6.45) is 4.73. The lowest BCUT2D eigenvalue weighted by Gasteiger charge is -2.07. The Morgan fingerprint density at radius 1 is 1.22 bits per heavy atom. The van der Waals surface area contributed by atoms with E-state index in [-0.39, 0.29) is 23.2 Å². The Labute approximate surface area is 167 Å². The van der Waals surface area contributed by atoms with E-state index >= 15 is 0 Å². The van der Waals surface area contributed by atoms with Crippen molar-refractivity contribution in [1.82, 2.24) is 0 Å². The molecule has 1 unspecified atom stereocenters. The average Bonchev–Trinajstić information content (AvgIpc) is 3.13. The molecule has 146 valence electrons. The summed E-state index contributed by atoms with van der Waals surface area (Å²) in [4.78, 5) is 23.2. The fourth-order valence-electron chi connectivity index (χ4n) is 2.47. The number of nitrogens with zero attached hydrogens (tertiary/aromatic N) is 2. The highest BCUT2D eigenvalue weighted by atomic mass is 33.1. The summed E-state index contributed by atoms with van der Waals surface area (Å²) < 4.78 is 5.32.